The Morgan fingerprint density at radius 3 is 0.898 bits per heavy atom. The van der Waals surface area contributed by atoms with Crippen molar-refractivity contribution >= 4 is 52.1 Å². The molecule has 0 heterocycles. The van der Waals surface area contributed by atoms with Crippen LogP contribution < -0.4 is 33.2 Å². The normalized spacial score (nSPS) is 12.8. The minimum absolute atomic E-state index is 0.0873. The molecule has 0 aliphatic rings. The molecule has 9 N–H and O–H groups in total. The Morgan fingerprint density at radius 1 is 0.469 bits per heavy atom. The molecule has 0 saturated carbocycles. The Bertz CT molecular complexity index is 1430. The van der Waals surface area contributed by atoms with Crippen LogP contribution in [0.4, 0.5) is 17.1 Å². The minimum atomic E-state index is -0.875. The second kappa shape index (κ2) is 18.5. The number of nitrogens with zero attached hydrogens (tertiary/aromatic N) is 1. The van der Waals surface area contributed by atoms with Crippen molar-refractivity contribution < 1.29 is 28.8 Å². The number of ketones is 3. The van der Waals surface area contributed by atoms with E-state index in [1.165, 1.54) is 20.8 Å². The molecule has 3 aromatic carbocycles. The molecule has 3 atom stereocenters. The molecule has 13 nitrogen and oxygen atoms in total. The number of nitrogens with one attached hydrogen (secondary N) is 3. The summed E-state index contributed by atoms with van der Waals surface area (Å²) in [4.78, 5) is 75.0. The zero-order chi connectivity index (χ0) is 36.1. The average molecular weight is 672 g/mol. The first-order chi connectivity index (χ1) is 23.2. The molecule has 3 rings (SSSR count). The molecular weight excluding hydrogens is 626 g/mol. The number of Topliss-reactive ketones (excluding diaryl/α,β-unsaturated/α-hetero) is 3. The number of benzene rings is 3. The molecule has 0 aliphatic carbocycles. The van der Waals surface area contributed by atoms with E-state index >= 15 is 0 Å². The second-order valence-corrected chi connectivity index (χ2v) is 11.9. The maximum atomic E-state index is 12.8. The van der Waals surface area contributed by atoms with Crippen molar-refractivity contribution in [1.82, 2.24) is 4.90 Å². The summed E-state index contributed by atoms with van der Waals surface area (Å²) < 4.78 is 0. The largest absolute Gasteiger partial charge is 0.325 e. The minimum Gasteiger partial charge on any atom is -0.325 e. The van der Waals surface area contributed by atoms with Crippen LogP contribution in [0.5, 0.6) is 0 Å². The third-order valence-corrected chi connectivity index (χ3v) is 7.96. The van der Waals surface area contributed by atoms with Crippen molar-refractivity contribution in [3.05, 3.63) is 89.5 Å². The number of carbonyl (C=O) groups excluding carboxylic acids is 6. The van der Waals surface area contributed by atoms with Crippen LogP contribution in [-0.4, -0.2) is 77.7 Å². The summed E-state index contributed by atoms with van der Waals surface area (Å²) in [5, 5.41) is 8.25. The van der Waals surface area contributed by atoms with Crippen LogP contribution in [0.25, 0.3) is 0 Å². The van der Waals surface area contributed by atoms with E-state index in [9.17, 15) is 28.8 Å². The maximum Gasteiger partial charge on any atom is 0.241 e. The highest BCUT2D eigenvalue weighted by Crippen LogP contribution is 2.14. The molecule has 0 fully saturated rings. The number of nitrogens with two attached hydrogens (primary N) is 3. The smallest absolute Gasteiger partial charge is 0.241 e. The number of amides is 3. The SMILES string of the molecule is CC(=O)c1ccc(NC(=O)C(N)CCN(CCC(N)C(=O)Nc2ccc(C(C)=O)cc2)CCC(N)C(=O)Nc2ccc(C(C)=O)cc2)cc1. The predicted octanol–water partition coefficient (Wildman–Crippen LogP) is 2.96. The highest BCUT2D eigenvalue weighted by Gasteiger charge is 2.21. The van der Waals surface area contributed by atoms with Crippen molar-refractivity contribution in [2.45, 2.75) is 58.2 Å². The van der Waals surface area contributed by atoms with Gasteiger partial charge in [0.05, 0.1) is 18.1 Å². The predicted molar refractivity (Wildman–Crippen MR) is 189 cm³/mol. The quantitative estimate of drug-likeness (QED) is 0.109. The Labute approximate surface area is 286 Å². The van der Waals surface area contributed by atoms with Gasteiger partial charge in [-0.15, -0.1) is 0 Å². The van der Waals surface area contributed by atoms with Crippen LogP contribution in [0.3, 0.4) is 0 Å². The molecule has 0 aliphatic heterocycles. The number of anilines is 3. The summed E-state index contributed by atoms with van der Waals surface area (Å²) in [5.74, 6) is -1.49. The zero-order valence-corrected chi connectivity index (χ0v) is 28.0. The van der Waals surface area contributed by atoms with Crippen LogP contribution in [0.1, 0.15) is 71.1 Å². The van der Waals surface area contributed by atoms with Crippen molar-refractivity contribution in [3.63, 3.8) is 0 Å². The van der Waals surface area contributed by atoms with E-state index in [-0.39, 0.29) is 36.6 Å². The van der Waals surface area contributed by atoms with Gasteiger partial charge in [0.1, 0.15) is 0 Å². The van der Waals surface area contributed by atoms with Gasteiger partial charge in [-0.05, 0) is 113 Å². The number of carbonyl (C=O) groups is 6. The summed E-state index contributed by atoms with van der Waals surface area (Å²) in [7, 11) is 0. The monoisotopic (exact) mass is 671 g/mol. The highest BCUT2D eigenvalue weighted by molar-refractivity contribution is 5.99. The molecule has 260 valence electrons. The van der Waals surface area contributed by atoms with Gasteiger partial charge in [-0.2, -0.15) is 0 Å². The lowest BCUT2D eigenvalue weighted by Gasteiger charge is -2.26. The van der Waals surface area contributed by atoms with Crippen LogP contribution >= 0.6 is 0 Å². The van der Waals surface area contributed by atoms with Crippen LogP contribution in [-0.2, 0) is 14.4 Å². The van der Waals surface area contributed by atoms with Gasteiger partial charge in [-0.1, -0.05) is 0 Å². The van der Waals surface area contributed by atoms with Crippen LogP contribution in [0.15, 0.2) is 72.8 Å². The van der Waals surface area contributed by atoms with Gasteiger partial charge >= 0.3 is 0 Å². The fourth-order valence-electron chi connectivity index (χ4n) is 4.76. The highest BCUT2D eigenvalue weighted by atomic mass is 16.2. The molecule has 0 spiro atoms. The van der Waals surface area contributed by atoms with E-state index in [1.807, 2.05) is 4.90 Å². The second-order valence-electron chi connectivity index (χ2n) is 11.9. The van der Waals surface area contributed by atoms with Crippen LogP contribution in [0.2, 0.25) is 0 Å². The average Bonchev–Trinajstić information content (AvgIpc) is 3.08. The molecule has 3 unspecified atom stereocenters. The number of hydrogen-bond donors (Lipinski definition) is 6. The van der Waals surface area contributed by atoms with Gasteiger partial charge in [-0.25, -0.2) is 0 Å². The first-order valence-electron chi connectivity index (χ1n) is 16.0. The number of rotatable bonds is 18. The summed E-state index contributed by atoms with van der Waals surface area (Å²) in [6.45, 7) is 5.41. The molecule has 3 amide bonds. The van der Waals surface area contributed by atoms with Crippen molar-refractivity contribution in [2.75, 3.05) is 35.6 Å². The maximum absolute atomic E-state index is 12.8. The van der Waals surface area contributed by atoms with Gasteiger partial charge < -0.3 is 38.1 Å². The van der Waals surface area contributed by atoms with Gasteiger partial charge in [-0.3, -0.25) is 28.8 Å². The lowest BCUT2D eigenvalue weighted by atomic mass is 10.1. The molecule has 13 heteroatoms. The van der Waals surface area contributed by atoms with E-state index in [0.717, 1.165) is 0 Å². The number of hydrogen-bond acceptors (Lipinski definition) is 10. The Balaban J connectivity index is 1.59. The Hall–Kier alpha value is -5.08. The van der Waals surface area contributed by atoms with Gasteiger partial charge in [0.15, 0.2) is 17.3 Å². The summed E-state index contributed by atoms with van der Waals surface area (Å²) in [6, 6.07) is 16.8. The summed E-state index contributed by atoms with van der Waals surface area (Å²) in [5.41, 5.74) is 21.7. The van der Waals surface area contributed by atoms with Gasteiger partial charge in [0, 0.05) is 53.4 Å². The molecular formula is C36H45N7O6. The van der Waals surface area contributed by atoms with E-state index in [0.29, 0.717) is 53.4 Å². The standard InChI is InChI=1S/C36H45N7O6/c1-22(44)25-4-10-28(11-5-25)40-34(47)31(37)16-19-43(20-17-32(38)35(48)41-29-12-6-26(7-13-29)23(2)45)21-18-33(39)36(49)42-30-14-8-27(9-15-30)24(3)46/h4-15,31-33H,16-21,37-39H2,1-3H3,(H,40,47)(H,41,48)(H,42,49). The third-order valence-electron chi connectivity index (χ3n) is 7.96. The molecule has 3 aromatic rings. The van der Waals surface area contributed by atoms with Crippen LogP contribution in [0, 0.1) is 0 Å². The Kier molecular flexibility index (Phi) is 14.5. The van der Waals surface area contributed by atoms with E-state index in [4.69, 9.17) is 17.2 Å². The van der Waals surface area contributed by atoms with Crippen molar-refractivity contribution in [1.29, 1.82) is 0 Å². The first kappa shape index (κ1) is 38.4. The zero-order valence-electron chi connectivity index (χ0n) is 28.0. The Morgan fingerprint density at radius 2 is 0.694 bits per heavy atom. The topological polar surface area (TPSA) is 220 Å². The molecule has 0 bridgehead atoms. The van der Waals surface area contributed by atoms with E-state index in [2.05, 4.69) is 16.0 Å². The molecule has 0 aromatic heterocycles. The van der Waals surface area contributed by atoms with Gasteiger partial charge in [0.25, 0.3) is 0 Å². The summed E-state index contributed by atoms with van der Waals surface area (Å²) >= 11 is 0. The molecule has 49 heavy (non-hydrogen) atoms. The first-order valence-corrected chi connectivity index (χ1v) is 16.0. The lowest BCUT2D eigenvalue weighted by Crippen LogP contribution is -2.44. The fraction of sp³-hybridized carbons (Fsp3) is 0.333. The van der Waals surface area contributed by atoms with Gasteiger partial charge in [0.2, 0.25) is 17.7 Å². The van der Waals surface area contributed by atoms with E-state index < -0.39 is 35.8 Å². The molecule has 0 saturated heterocycles. The van der Waals surface area contributed by atoms with E-state index in [1.54, 1.807) is 72.8 Å². The fourth-order valence-corrected chi connectivity index (χ4v) is 4.76. The van der Waals surface area contributed by atoms with Crippen molar-refractivity contribution in [3.8, 4) is 0 Å². The molecule has 0 radical (unpaired) electrons. The lowest BCUT2D eigenvalue weighted by molar-refractivity contribution is -0.118. The van der Waals surface area contributed by atoms with Crippen molar-refractivity contribution in [2.24, 2.45) is 17.2 Å². The third kappa shape index (κ3) is 12.5. The summed E-state index contributed by atoms with van der Waals surface area (Å²) in [6.07, 6.45) is 0.766.